The lowest BCUT2D eigenvalue weighted by Gasteiger charge is -2.08. The molecule has 4 N–H and O–H groups in total. The molecule has 1 aromatic rings. The van der Waals surface area contributed by atoms with Crippen LogP contribution in [0.3, 0.4) is 0 Å². The molecule has 0 aromatic heterocycles. The van der Waals surface area contributed by atoms with Crippen molar-refractivity contribution in [2.45, 2.75) is 19.8 Å². The molecule has 1 amide bonds. The van der Waals surface area contributed by atoms with Crippen LogP contribution in [0.5, 0.6) is 0 Å². The Balaban J connectivity index is 2.66. The quantitative estimate of drug-likeness (QED) is 0.535. The van der Waals surface area contributed by atoms with Gasteiger partial charge in [0.1, 0.15) is 0 Å². The SMILES string of the molecule is CC(C)c1ccc(C(=O)NNC(N)=S)cc1. The molecule has 0 saturated heterocycles. The van der Waals surface area contributed by atoms with Crippen LogP contribution in [-0.2, 0) is 0 Å². The predicted octanol–water partition coefficient (Wildman–Crippen LogP) is 1.29. The Kier molecular flexibility index (Phi) is 4.25. The van der Waals surface area contributed by atoms with E-state index in [-0.39, 0.29) is 11.0 Å². The lowest BCUT2D eigenvalue weighted by molar-refractivity contribution is 0.0944. The van der Waals surface area contributed by atoms with E-state index >= 15 is 0 Å². The third-order valence-electron chi connectivity index (χ3n) is 2.14. The summed E-state index contributed by atoms with van der Waals surface area (Å²) in [6.07, 6.45) is 0. The van der Waals surface area contributed by atoms with E-state index in [0.29, 0.717) is 11.5 Å². The third-order valence-corrected chi connectivity index (χ3v) is 2.24. The fraction of sp³-hybridized carbons (Fsp3) is 0.273. The minimum atomic E-state index is -0.261. The van der Waals surface area contributed by atoms with E-state index in [1.807, 2.05) is 12.1 Å². The first-order valence-electron chi connectivity index (χ1n) is 4.96. The number of amides is 1. The topological polar surface area (TPSA) is 67.2 Å². The van der Waals surface area contributed by atoms with Gasteiger partial charge in [-0.1, -0.05) is 26.0 Å². The van der Waals surface area contributed by atoms with Crippen LogP contribution in [0.15, 0.2) is 24.3 Å². The Hall–Kier alpha value is -1.62. The maximum Gasteiger partial charge on any atom is 0.269 e. The van der Waals surface area contributed by atoms with Gasteiger partial charge in [0.15, 0.2) is 5.11 Å². The Morgan fingerprint density at radius 3 is 2.25 bits per heavy atom. The lowest BCUT2D eigenvalue weighted by Crippen LogP contribution is -2.44. The fourth-order valence-electron chi connectivity index (χ4n) is 1.21. The average molecular weight is 237 g/mol. The molecule has 0 radical (unpaired) electrons. The van der Waals surface area contributed by atoms with Gasteiger partial charge in [-0.15, -0.1) is 0 Å². The molecule has 0 heterocycles. The largest absolute Gasteiger partial charge is 0.375 e. The molecule has 0 fully saturated rings. The van der Waals surface area contributed by atoms with Crippen molar-refractivity contribution in [3.63, 3.8) is 0 Å². The zero-order valence-corrected chi connectivity index (χ0v) is 10.1. The van der Waals surface area contributed by atoms with Gasteiger partial charge in [0.05, 0.1) is 0 Å². The highest BCUT2D eigenvalue weighted by molar-refractivity contribution is 7.80. The van der Waals surface area contributed by atoms with Gasteiger partial charge in [-0.3, -0.25) is 15.6 Å². The van der Waals surface area contributed by atoms with Crippen molar-refractivity contribution >= 4 is 23.2 Å². The molecule has 0 saturated carbocycles. The maximum atomic E-state index is 11.5. The minimum Gasteiger partial charge on any atom is -0.375 e. The predicted molar refractivity (Wildman–Crippen MR) is 67.9 cm³/mol. The number of nitrogens with two attached hydrogens (primary N) is 1. The number of thiocarbonyl (C=S) groups is 1. The van der Waals surface area contributed by atoms with E-state index in [2.05, 4.69) is 36.9 Å². The van der Waals surface area contributed by atoms with Crippen LogP contribution in [0.2, 0.25) is 0 Å². The van der Waals surface area contributed by atoms with Crippen molar-refractivity contribution < 1.29 is 4.79 Å². The maximum absolute atomic E-state index is 11.5. The molecule has 0 spiro atoms. The number of benzene rings is 1. The number of hydrazine groups is 1. The Bertz CT molecular complexity index is 387. The molecule has 0 aliphatic rings. The Morgan fingerprint density at radius 1 is 1.25 bits per heavy atom. The van der Waals surface area contributed by atoms with Crippen LogP contribution >= 0.6 is 12.2 Å². The lowest BCUT2D eigenvalue weighted by atomic mass is 10.0. The second-order valence-electron chi connectivity index (χ2n) is 3.72. The highest BCUT2D eigenvalue weighted by Crippen LogP contribution is 2.14. The van der Waals surface area contributed by atoms with Crippen LogP contribution in [-0.4, -0.2) is 11.0 Å². The molecular weight excluding hydrogens is 222 g/mol. The summed E-state index contributed by atoms with van der Waals surface area (Å²) in [5, 5.41) is 0.0344. The van der Waals surface area contributed by atoms with E-state index in [1.165, 1.54) is 5.56 Å². The summed E-state index contributed by atoms with van der Waals surface area (Å²) >= 11 is 4.57. The van der Waals surface area contributed by atoms with Crippen LogP contribution in [0.4, 0.5) is 0 Å². The molecule has 5 heteroatoms. The first kappa shape index (κ1) is 12.4. The summed E-state index contributed by atoms with van der Waals surface area (Å²) in [6, 6.07) is 7.40. The zero-order valence-electron chi connectivity index (χ0n) is 9.28. The molecule has 0 unspecified atom stereocenters. The summed E-state index contributed by atoms with van der Waals surface area (Å²) in [5.74, 6) is 0.190. The van der Waals surface area contributed by atoms with Crippen molar-refractivity contribution in [1.29, 1.82) is 0 Å². The summed E-state index contributed by atoms with van der Waals surface area (Å²) < 4.78 is 0. The molecule has 0 aliphatic heterocycles. The smallest absolute Gasteiger partial charge is 0.269 e. The number of nitrogens with one attached hydrogen (secondary N) is 2. The van der Waals surface area contributed by atoms with Crippen molar-refractivity contribution in [2.75, 3.05) is 0 Å². The molecule has 4 nitrogen and oxygen atoms in total. The molecule has 1 aromatic carbocycles. The van der Waals surface area contributed by atoms with Crippen molar-refractivity contribution in [3.05, 3.63) is 35.4 Å². The Morgan fingerprint density at radius 2 is 1.81 bits per heavy atom. The second kappa shape index (κ2) is 5.46. The van der Waals surface area contributed by atoms with Gasteiger partial charge < -0.3 is 5.73 Å². The molecule has 0 aliphatic carbocycles. The van der Waals surface area contributed by atoms with Crippen LogP contribution in [0.25, 0.3) is 0 Å². The number of hydrogen-bond acceptors (Lipinski definition) is 2. The van der Waals surface area contributed by atoms with Crippen molar-refractivity contribution in [3.8, 4) is 0 Å². The van der Waals surface area contributed by atoms with Gasteiger partial charge >= 0.3 is 0 Å². The Labute approximate surface area is 100 Å². The van der Waals surface area contributed by atoms with Gasteiger partial charge in [0.25, 0.3) is 5.91 Å². The first-order valence-corrected chi connectivity index (χ1v) is 5.37. The van der Waals surface area contributed by atoms with Crippen molar-refractivity contribution in [1.82, 2.24) is 10.9 Å². The van der Waals surface area contributed by atoms with Crippen LogP contribution < -0.4 is 16.6 Å². The summed E-state index contributed by atoms with van der Waals surface area (Å²) in [4.78, 5) is 11.5. The zero-order chi connectivity index (χ0) is 12.1. The van der Waals surface area contributed by atoms with Gasteiger partial charge in [-0.05, 0) is 35.8 Å². The summed E-state index contributed by atoms with van der Waals surface area (Å²) in [7, 11) is 0. The van der Waals surface area contributed by atoms with Gasteiger partial charge in [0.2, 0.25) is 0 Å². The standard InChI is InChI=1S/C11H15N3OS/c1-7(2)8-3-5-9(6-4-8)10(15)13-14-11(12)16/h3-7H,1-2H3,(H,13,15)(H3,12,14,16). The normalized spacial score (nSPS) is 9.94. The molecule has 16 heavy (non-hydrogen) atoms. The molecule has 0 bridgehead atoms. The van der Waals surface area contributed by atoms with E-state index in [1.54, 1.807) is 12.1 Å². The van der Waals surface area contributed by atoms with Crippen LogP contribution in [0, 0.1) is 0 Å². The van der Waals surface area contributed by atoms with E-state index in [9.17, 15) is 4.79 Å². The molecule has 86 valence electrons. The van der Waals surface area contributed by atoms with E-state index < -0.39 is 0 Å². The van der Waals surface area contributed by atoms with Gasteiger partial charge in [-0.2, -0.15) is 0 Å². The molecular formula is C11H15N3OS. The van der Waals surface area contributed by atoms with Crippen LogP contribution in [0.1, 0.15) is 35.7 Å². The number of carbonyl (C=O) groups excluding carboxylic acids is 1. The fourth-order valence-corrected chi connectivity index (χ4v) is 1.26. The first-order chi connectivity index (χ1) is 7.50. The number of hydrogen-bond donors (Lipinski definition) is 3. The van der Waals surface area contributed by atoms with E-state index in [0.717, 1.165) is 0 Å². The van der Waals surface area contributed by atoms with Crippen molar-refractivity contribution in [2.24, 2.45) is 5.73 Å². The monoisotopic (exact) mass is 237 g/mol. The average Bonchev–Trinajstić information content (AvgIpc) is 2.26. The highest BCUT2D eigenvalue weighted by Gasteiger charge is 2.05. The van der Waals surface area contributed by atoms with Gasteiger partial charge in [-0.25, -0.2) is 0 Å². The minimum absolute atomic E-state index is 0.0344. The second-order valence-corrected chi connectivity index (χ2v) is 4.16. The van der Waals surface area contributed by atoms with E-state index in [4.69, 9.17) is 5.73 Å². The van der Waals surface area contributed by atoms with Gasteiger partial charge in [0, 0.05) is 5.56 Å². The summed E-state index contributed by atoms with van der Waals surface area (Å²) in [6.45, 7) is 4.20. The number of carbonyl (C=O) groups is 1. The molecule has 0 atom stereocenters. The highest BCUT2D eigenvalue weighted by atomic mass is 32.1. The molecule has 1 rings (SSSR count). The number of rotatable bonds is 2. The summed E-state index contributed by atoms with van der Waals surface area (Å²) in [5.41, 5.74) is 11.7. The third kappa shape index (κ3) is 3.51.